The van der Waals surface area contributed by atoms with Crippen LogP contribution in [0.5, 0.6) is 0 Å². The Hall–Kier alpha value is -1.29. The van der Waals surface area contributed by atoms with Gasteiger partial charge in [0.25, 0.3) is 0 Å². The van der Waals surface area contributed by atoms with E-state index in [4.69, 9.17) is 21.8 Å². The number of fused-ring (bicyclic) bond motifs is 3. The molecule has 1 aliphatic rings. The molecule has 2 N–H and O–H groups in total. The molecule has 0 bridgehead atoms. The number of rotatable bonds is 0. The first-order chi connectivity index (χ1) is 7.65. The van der Waals surface area contributed by atoms with Crippen molar-refractivity contribution in [2.75, 3.05) is 5.73 Å². The fourth-order valence-corrected chi connectivity index (χ4v) is 2.51. The molecule has 0 spiro atoms. The van der Waals surface area contributed by atoms with Gasteiger partial charge in [0, 0.05) is 12.0 Å². The maximum absolute atomic E-state index is 5.99. The first kappa shape index (κ1) is 9.90. The van der Waals surface area contributed by atoms with Crippen molar-refractivity contribution >= 4 is 28.6 Å². The van der Waals surface area contributed by atoms with E-state index in [9.17, 15) is 0 Å². The van der Waals surface area contributed by atoms with E-state index in [1.54, 1.807) is 0 Å². The quantitative estimate of drug-likeness (QED) is 0.716. The summed E-state index contributed by atoms with van der Waals surface area (Å²) in [6, 6.07) is 0. The van der Waals surface area contributed by atoms with E-state index in [0.717, 1.165) is 36.1 Å². The van der Waals surface area contributed by atoms with E-state index < -0.39 is 0 Å². The number of nitrogen functional groups attached to an aromatic ring is 1. The van der Waals surface area contributed by atoms with E-state index in [2.05, 4.69) is 16.9 Å². The van der Waals surface area contributed by atoms with Crippen LogP contribution in [0.25, 0.3) is 11.1 Å². The summed E-state index contributed by atoms with van der Waals surface area (Å²) >= 11 is 5.99. The van der Waals surface area contributed by atoms with Gasteiger partial charge >= 0.3 is 0 Å². The maximum Gasteiger partial charge on any atom is 0.222 e. The molecule has 0 radical (unpaired) electrons. The van der Waals surface area contributed by atoms with Gasteiger partial charge in [0.15, 0.2) is 10.7 Å². The lowest BCUT2D eigenvalue weighted by atomic mass is 9.89. The minimum Gasteiger partial charge on any atom is -0.456 e. The van der Waals surface area contributed by atoms with Crippen LogP contribution in [0.1, 0.15) is 24.7 Å². The zero-order valence-corrected chi connectivity index (χ0v) is 9.71. The molecule has 1 atom stereocenters. The summed E-state index contributed by atoms with van der Waals surface area (Å²) in [6.45, 7) is 2.23. The largest absolute Gasteiger partial charge is 0.456 e. The lowest BCUT2D eigenvalue weighted by molar-refractivity contribution is 0.438. The van der Waals surface area contributed by atoms with Crippen LogP contribution in [0.4, 0.5) is 5.95 Å². The molecule has 0 aromatic carbocycles. The molecule has 0 aliphatic heterocycles. The number of anilines is 1. The highest BCUT2D eigenvalue weighted by atomic mass is 35.5. The highest BCUT2D eigenvalue weighted by Crippen LogP contribution is 2.35. The second kappa shape index (κ2) is 3.35. The summed E-state index contributed by atoms with van der Waals surface area (Å²) in [7, 11) is 0. The molecule has 0 amide bonds. The molecule has 2 heterocycles. The predicted molar refractivity (Wildman–Crippen MR) is 62.4 cm³/mol. The lowest BCUT2D eigenvalue weighted by Gasteiger charge is -2.16. The van der Waals surface area contributed by atoms with Gasteiger partial charge < -0.3 is 10.2 Å². The molecule has 3 rings (SSSR count). The standard InChI is InChI=1S/C11H12ClN3O/c1-5-2-3-7-6(4-5)8-9(16-7)10(12)15-11(13)14-8/h5H,2-4H2,1H3,(H2,13,14,15). The first-order valence-electron chi connectivity index (χ1n) is 5.38. The summed E-state index contributed by atoms with van der Waals surface area (Å²) in [5, 5.41) is 0.310. The van der Waals surface area contributed by atoms with E-state index in [-0.39, 0.29) is 5.95 Å². The highest BCUT2D eigenvalue weighted by molar-refractivity contribution is 6.33. The average molecular weight is 238 g/mol. The fraction of sp³-hybridized carbons (Fsp3) is 0.455. The summed E-state index contributed by atoms with van der Waals surface area (Å²) in [5.74, 6) is 1.86. The van der Waals surface area contributed by atoms with Crippen molar-refractivity contribution in [3.05, 3.63) is 16.5 Å². The van der Waals surface area contributed by atoms with Crippen molar-refractivity contribution in [3.8, 4) is 0 Å². The molecule has 16 heavy (non-hydrogen) atoms. The Balaban J connectivity index is 2.30. The van der Waals surface area contributed by atoms with Gasteiger partial charge in [-0.25, -0.2) is 4.98 Å². The van der Waals surface area contributed by atoms with E-state index in [0.29, 0.717) is 16.7 Å². The maximum atomic E-state index is 5.99. The van der Waals surface area contributed by atoms with Gasteiger partial charge in [-0.2, -0.15) is 4.98 Å². The number of aromatic nitrogens is 2. The Morgan fingerprint density at radius 1 is 1.44 bits per heavy atom. The third kappa shape index (κ3) is 1.37. The Kier molecular flexibility index (Phi) is 2.07. The van der Waals surface area contributed by atoms with Crippen molar-refractivity contribution in [1.29, 1.82) is 0 Å². The Morgan fingerprint density at radius 2 is 2.25 bits per heavy atom. The molecule has 1 aliphatic carbocycles. The summed E-state index contributed by atoms with van der Waals surface area (Å²) < 4.78 is 5.71. The summed E-state index contributed by atoms with van der Waals surface area (Å²) in [5.41, 5.74) is 8.13. The van der Waals surface area contributed by atoms with Crippen molar-refractivity contribution in [2.24, 2.45) is 5.92 Å². The smallest absolute Gasteiger partial charge is 0.222 e. The SMILES string of the molecule is CC1CCc2oc3c(Cl)nc(N)nc3c2C1. The topological polar surface area (TPSA) is 64.9 Å². The molecular formula is C11H12ClN3O. The van der Waals surface area contributed by atoms with Crippen LogP contribution < -0.4 is 5.73 Å². The molecule has 0 fully saturated rings. The van der Waals surface area contributed by atoms with Gasteiger partial charge in [0.05, 0.1) is 0 Å². The van der Waals surface area contributed by atoms with Crippen LogP contribution in [0.2, 0.25) is 5.15 Å². The number of nitrogens with two attached hydrogens (primary N) is 1. The van der Waals surface area contributed by atoms with Crippen molar-refractivity contribution in [3.63, 3.8) is 0 Å². The van der Waals surface area contributed by atoms with Crippen molar-refractivity contribution < 1.29 is 4.42 Å². The number of nitrogens with zero attached hydrogens (tertiary/aromatic N) is 2. The Bertz CT molecular complexity index is 564. The molecule has 5 heteroatoms. The third-order valence-corrected chi connectivity index (χ3v) is 3.36. The van der Waals surface area contributed by atoms with Gasteiger partial charge in [-0.1, -0.05) is 18.5 Å². The van der Waals surface area contributed by atoms with E-state index >= 15 is 0 Å². The molecule has 0 saturated carbocycles. The van der Waals surface area contributed by atoms with Crippen LogP contribution in [0.3, 0.4) is 0 Å². The van der Waals surface area contributed by atoms with Crippen LogP contribution >= 0.6 is 11.6 Å². The van der Waals surface area contributed by atoms with Gasteiger partial charge in [-0.05, 0) is 18.8 Å². The second-order valence-corrected chi connectivity index (χ2v) is 4.76. The second-order valence-electron chi connectivity index (χ2n) is 4.40. The number of hydrogen-bond acceptors (Lipinski definition) is 4. The molecule has 1 unspecified atom stereocenters. The summed E-state index contributed by atoms with van der Waals surface area (Å²) in [4.78, 5) is 8.14. The van der Waals surface area contributed by atoms with Crippen LogP contribution in [-0.4, -0.2) is 9.97 Å². The minimum absolute atomic E-state index is 0.208. The molecule has 2 aromatic rings. The molecule has 84 valence electrons. The van der Waals surface area contributed by atoms with Crippen LogP contribution in [-0.2, 0) is 12.8 Å². The third-order valence-electron chi connectivity index (χ3n) is 3.11. The van der Waals surface area contributed by atoms with Crippen LogP contribution in [0, 0.1) is 5.92 Å². The zero-order valence-electron chi connectivity index (χ0n) is 8.96. The average Bonchev–Trinajstić information content (AvgIpc) is 2.57. The van der Waals surface area contributed by atoms with Gasteiger partial charge in [0.1, 0.15) is 11.3 Å². The highest BCUT2D eigenvalue weighted by Gasteiger charge is 2.24. The van der Waals surface area contributed by atoms with Crippen molar-refractivity contribution in [2.45, 2.75) is 26.2 Å². The normalized spacial score (nSPS) is 20.0. The minimum atomic E-state index is 0.208. The molecular weight excluding hydrogens is 226 g/mol. The monoisotopic (exact) mass is 237 g/mol. The molecule has 0 saturated heterocycles. The Morgan fingerprint density at radius 3 is 3.06 bits per heavy atom. The van der Waals surface area contributed by atoms with E-state index in [1.807, 2.05) is 0 Å². The van der Waals surface area contributed by atoms with Gasteiger partial charge in [0.2, 0.25) is 5.95 Å². The summed E-state index contributed by atoms with van der Waals surface area (Å²) in [6.07, 6.45) is 3.07. The lowest BCUT2D eigenvalue weighted by Crippen LogP contribution is -2.09. The molecule has 2 aromatic heterocycles. The Labute approximate surface area is 97.8 Å². The number of hydrogen-bond donors (Lipinski definition) is 1. The van der Waals surface area contributed by atoms with Crippen molar-refractivity contribution in [1.82, 2.24) is 9.97 Å². The zero-order chi connectivity index (χ0) is 11.3. The van der Waals surface area contributed by atoms with Crippen LogP contribution in [0.15, 0.2) is 4.42 Å². The van der Waals surface area contributed by atoms with Gasteiger partial charge in [-0.3, -0.25) is 0 Å². The van der Waals surface area contributed by atoms with Gasteiger partial charge in [-0.15, -0.1) is 0 Å². The fourth-order valence-electron chi connectivity index (χ4n) is 2.29. The number of aryl methyl sites for hydroxylation is 1. The predicted octanol–water partition coefficient (Wildman–Crippen LogP) is 2.58. The number of furan rings is 1. The van der Waals surface area contributed by atoms with E-state index in [1.165, 1.54) is 0 Å². The first-order valence-corrected chi connectivity index (χ1v) is 5.76. The number of halogens is 1. The molecule has 4 nitrogen and oxygen atoms in total.